The van der Waals surface area contributed by atoms with Crippen LogP contribution in [0.1, 0.15) is 18.1 Å². The average molecular weight is 399 g/mol. The number of carbonyl (C=O) groups excluding carboxylic acids is 1. The Kier molecular flexibility index (Phi) is 5.80. The Morgan fingerprint density at radius 1 is 0.967 bits per heavy atom. The number of fused-ring (bicyclic) bond motifs is 1. The van der Waals surface area contributed by atoms with Gasteiger partial charge >= 0.3 is 6.03 Å². The van der Waals surface area contributed by atoms with Crippen LogP contribution in [0.5, 0.6) is 0 Å². The van der Waals surface area contributed by atoms with E-state index in [0.717, 1.165) is 40.1 Å². The molecule has 0 bridgehead atoms. The number of para-hydroxylation sites is 3. The number of nitrogens with one attached hydrogen (secondary N) is 2. The van der Waals surface area contributed by atoms with E-state index < -0.39 is 0 Å². The second-order valence-electron chi connectivity index (χ2n) is 7.33. The number of amides is 2. The van der Waals surface area contributed by atoms with Crippen molar-refractivity contribution in [3.05, 3.63) is 83.9 Å². The molecule has 0 spiro atoms. The summed E-state index contributed by atoms with van der Waals surface area (Å²) in [6.45, 7) is 5.28. The molecule has 0 atom stereocenters. The summed E-state index contributed by atoms with van der Waals surface area (Å²) in [4.78, 5) is 17.3. The molecular formula is C25H26N4O. The number of benzene rings is 3. The van der Waals surface area contributed by atoms with Crippen molar-refractivity contribution in [2.75, 3.05) is 11.9 Å². The van der Waals surface area contributed by atoms with Gasteiger partial charge in [0.25, 0.3) is 0 Å². The summed E-state index contributed by atoms with van der Waals surface area (Å²) in [7, 11) is 0. The Morgan fingerprint density at radius 2 is 1.70 bits per heavy atom. The van der Waals surface area contributed by atoms with Crippen molar-refractivity contribution >= 4 is 22.8 Å². The van der Waals surface area contributed by atoms with E-state index in [1.807, 2.05) is 42.5 Å². The molecule has 0 aliphatic heterocycles. The Labute approximate surface area is 176 Å². The number of rotatable bonds is 6. The third kappa shape index (κ3) is 4.20. The number of anilines is 1. The van der Waals surface area contributed by atoms with Gasteiger partial charge in [0, 0.05) is 24.3 Å². The van der Waals surface area contributed by atoms with Crippen molar-refractivity contribution < 1.29 is 4.79 Å². The van der Waals surface area contributed by atoms with E-state index in [2.05, 4.69) is 59.4 Å². The Balaban J connectivity index is 1.50. The van der Waals surface area contributed by atoms with Crippen LogP contribution >= 0.6 is 0 Å². The lowest BCUT2D eigenvalue weighted by atomic mass is 10.1. The maximum atomic E-state index is 12.4. The van der Waals surface area contributed by atoms with Crippen molar-refractivity contribution in [3.8, 4) is 11.4 Å². The number of imidazole rings is 1. The highest BCUT2D eigenvalue weighted by atomic mass is 16.2. The number of hydrogen-bond donors (Lipinski definition) is 2. The molecule has 4 aromatic rings. The third-order valence-corrected chi connectivity index (χ3v) is 5.23. The van der Waals surface area contributed by atoms with Crippen LogP contribution < -0.4 is 10.6 Å². The van der Waals surface area contributed by atoms with Crippen molar-refractivity contribution in [3.63, 3.8) is 0 Å². The van der Waals surface area contributed by atoms with Crippen LogP contribution in [0, 0.1) is 6.92 Å². The molecule has 3 aromatic carbocycles. The summed E-state index contributed by atoms with van der Waals surface area (Å²) < 4.78 is 2.17. The molecular weight excluding hydrogens is 372 g/mol. The molecule has 0 fully saturated rings. The van der Waals surface area contributed by atoms with Gasteiger partial charge < -0.3 is 15.2 Å². The predicted octanol–water partition coefficient (Wildman–Crippen LogP) is 5.40. The largest absolute Gasteiger partial charge is 0.336 e. The molecule has 4 rings (SSSR count). The van der Waals surface area contributed by atoms with Crippen LogP contribution in [0.25, 0.3) is 22.4 Å². The number of urea groups is 1. The quantitative estimate of drug-likeness (QED) is 0.457. The minimum Gasteiger partial charge on any atom is -0.336 e. The summed E-state index contributed by atoms with van der Waals surface area (Å²) in [6, 6.07) is 24.1. The van der Waals surface area contributed by atoms with Crippen LogP contribution in [0.15, 0.2) is 72.8 Å². The monoisotopic (exact) mass is 398 g/mol. The second-order valence-corrected chi connectivity index (χ2v) is 7.33. The lowest BCUT2D eigenvalue weighted by molar-refractivity contribution is 0.251. The SMILES string of the molecule is CCc1ccccc1NC(=O)NCCn1c(-c2ccc(C)cc2)nc2ccccc21. The molecule has 1 heterocycles. The zero-order valence-electron chi connectivity index (χ0n) is 17.4. The molecule has 0 unspecified atom stereocenters. The number of hydrogen-bond acceptors (Lipinski definition) is 2. The van der Waals surface area contributed by atoms with Crippen molar-refractivity contribution in [1.82, 2.24) is 14.9 Å². The molecule has 2 amide bonds. The second kappa shape index (κ2) is 8.82. The molecule has 0 aliphatic carbocycles. The molecule has 2 N–H and O–H groups in total. The van der Waals surface area contributed by atoms with E-state index in [9.17, 15) is 4.79 Å². The van der Waals surface area contributed by atoms with Gasteiger partial charge in [-0.3, -0.25) is 0 Å². The number of aromatic nitrogens is 2. The normalized spacial score (nSPS) is 10.9. The topological polar surface area (TPSA) is 59.0 Å². The smallest absolute Gasteiger partial charge is 0.319 e. The lowest BCUT2D eigenvalue weighted by Crippen LogP contribution is -2.31. The average Bonchev–Trinajstić information content (AvgIpc) is 3.13. The summed E-state index contributed by atoms with van der Waals surface area (Å²) >= 11 is 0. The summed E-state index contributed by atoms with van der Waals surface area (Å²) in [5.41, 5.74) is 6.27. The van der Waals surface area contributed by atoms with Crippen LogP contribution in [-0.4, -0.2) is 22.1 Å². The molecule has 5 nitrogen and oxygen atoms in total. The molecule has 152 valence electrons. The van der Waals surface area contributed by atoms with Crippen LogP contribution in [0.2, 0.25) is 0 Å². The van der Waals surface area contributed by atoms with Gasteiger partial charge in [0.2, 0.25) is 0 Å². The minimum absolute atomic E-state index is 0.197. The summed E-state index contributed by atoms with van der Waals surface area (Å²) in [5.74, 6) is 0.912. The van der Waals surface area contributed by atoms with E-state index in [1.165, 1.54) is 5.56 Å². The highest BCUT2D eigenvalue weighted by Gasteiger charge is 2.13. The molecule has 5 heteroatoms. The first-order valence-electron chi connectivity index (χ1n) is 10.3. The number of aryl methyl sites for hydroxylation is 2. The van der Waals surface area contributed by atoms with Crippen molar-refractivity contribution in [2.45, 2.75) is 26.8 Å². The molecule has 1 aromatic heterocycles. The maximum absolute atomic E-state index is 12.4. The highest BCUT2D eigenvalue weighted by Crippen LogP contribution is 2.25. The van der Waals surface area contributed by atoms with Crippen LogP contribution in [0.3, 0.4) is 0 Å². The van der Waals surface area contributed by atoms with Gasteiger partial charge in [0.05, 0.1) is 11.0 Å². The van der Waals surface area contributed by atoms with Crippen molar-refractivity contribution in [1.29, 1.82) is 0 Å². The van der Waals surface area contributed by atoms with Crippen LogP contribution in [-0.2, 0) is 13.0 Å². The van der Waals surface area contributed by atoms with Gasteiger partial charge in [-0.1, -0.05) is 67.1 Å². The van der Waals surface area contributed by atoms with Gasteiger partial charge in [0.1, 0.15) is 5.82 Å². The maximum Gasteiger partial charge on any atom is 0.319 e. The molecule has 0 saturated carbocycles. The lowest BCUT2D eigenvalue weighted by Gasteiger charge is -2.13. The van der Waals surface area contributed by atoms with E-state index >= 15 is 0 Å². The van der Waals surface area contributed by atoms with Gasteiger partial charge in [0.15, 0.2) is 0 Å². The number of carbonyl (C=O) groups is 1. The van der Waals surface area contributed by atoms with E-state index in [4.69, 9.17) is 4.98 Å². The fourth-order valence-corrected chi connectivity index (χ4v) is 3.62. The molecule has 0 radical (unpaired) electrons. The van der Waals surface area contributed by atoms with Gasteiger partial charge in [-0.2, -0.15) is 0 Å². The highest BCUT2D eigenvalue weighted by molar-refractivity contribution is 5.90. The fraction of sp³-hybridized carbons (Fsp3) is 0.200. The minimum atomic E-state index is -0.197. The summed E-state index contributed by atoms with van der Waals surface area (Å²) in [5, 5.41) is 5.93. The van der Waals surface area contributed by atoms with Gasteiger partial charge in [-0.15, -0.1) is 0 Å². The number of nitrogens with zero attached hydrogens (tertiary/aromatic N) is 2. The first-order valence-corrected chi connectivity index (χ1v) is 10.3. The fourth-order valence-electron chi connectivity index (χ4n) is 3.62. The van der Waals surface area contributed by atoms with Crippen molar-refractivity contribution in [2.24, 2.45) is 0 Å². The standard InChI is InChI=1S/C25H26N4O/c1-3-19-8-4-5-9-21(19)28-25(30)26-16-17-29-23-11-7-6-10-22(23)27-24(29)20-14-12-18(2)13-15-20/h4-15H,3,16-17H2,1-2H3,(H2,26,28,30). The Bertz CT molecular complexity index is 1160. The summed E-state index contributed by atoms with van der Waals surface area (Å²) in [6.07, 6.45) is 0.872. The van der Waals surface area contributed by atoms with Crippen LogP contribution in [0.4, 0.5) is 10.5 Å². The van der Waals surface area contributed by atoms with E-state index in [0.29, 0.717) is 13.1 Å². The zero-order valence-corrected chi connectivity index (χ0v) is 17.4. The zero-order chi connectivity index (χ0) is 20.9. The molecule has 0 aliphatic rings. The third-order valence-electron chi connectivity index (χ3n) is 5.23. The van der Waals surface area contributed by atoms with Gasteiger partial charge in [-0.25, -0.2) is 9.78 Å². The molecule has 30 heavy (non-hydrogen) atoms. The Hall–Kier alpha value is -3.60. The first-order chi connectivity index (χ1) is 14.7. The first kappa shape index (κ1) is 19.7. The molecule has 0 saturated heterocycles. The predicted molar refractivity (Wildman–Crippen MR) is 123 cm³/mol. The van der Waals surface area contributed by atoms with E-state index in [-0.39, 0.29) is 6.03 Å². The van der Waals surface area contributed by atoms with E-state index in [1.54, 1.807) is 0 Å². The van der Waals surface area contributed by atoms with Gasteiger partial charge in [-0.05, 0) is 37.1 Å². The Morgan fingerprint density at radius 3 is 2.50 bits per heavy atom.